The Bertz CT molecular complexity index is 1020. The zero-order chi connectivity index (χ0) is 24.9. The van der Waals surface area contributed by atoms with Crippen molar-refractivity contribution >= 4 is 17.6 Å². The molecule has 0 aliphatic heterocycles. The number of anilines is 1. The minimum absolute atomic E-state index is 0.137. The Morgan fingerprint density at radius 3 is 2.50 bits per heavy atom. The molecular weight excluding hydrogens is 453 g/mol. The van der Waals surface area contributed by atoms with Gasteiger partial charge in [-0.25, -0.2) is 9.78 Å². The van der Waals surface area contributed by atoms with Gasteiger partial charge in [0, 0.05) is 25.8 Å². The van der Waals surface area contributed by atoms with E-state index in [4.69, 9.17) is 9.47 Å². The minimum atomic E-state index is -4.69. The molecule has 0 spiro atoms. The van der Waals surface area contributed by atoms with Crippen LogP contribution >= 0.6 is 0 Å². The van der Waals surface area contributed by atoms with E-state index in [-0.39, 0.29) is 42.0 Å². The summed E-state index contributed by atoms with van der Waals surface area (Å²) in [5, 5.41) is 9.82. The number of methoxy groups -OCH3 is 1. The Morgan fingerprint density at radius 1 is 1.18 bits per heavy atom. The first-order chi connectivity index (χ1) is 16.1. The largest absolute Gasteiger partial charge is 0.478 e. The van der Waals surface area contributed by atoms with Crippen LogP contribution in [-0.4, -0.2) is 42.2 Å². The fourth-order valence-electron chi connectivity index (χ4n) is 4.04. The molecule has 34 heavy (non-hydrogen) atoms. The molecule has 0 bridgehead atoms. The lowest BCUT2D eigenvalue weighted by Crippen LogP contribution is -2.40. The van der Waals surface area contributed by atoms with Crippen molar-refractivity contribution in [1.29, 1.82) is 0 Å². The van der Waals surface area contributed by atoms with Crippen LogP contribution in [-0.2, 0) is 15.7 Å². The Balaban J connectivity index is 1.94. The zero-order valence-electron chi connectivity index (χ0n) is 19.0. The van der Waals surface area contributed by atoms with Gasteiger partial charge in [0.1, 0.15) is 11.3 Å². The molecule has 3 rings (SSSR count). The van der Waals surface area contributed by atoms with Crippen molar-refractivity contribution in [1.82, 2.24) is 4.98 Å². The first-order valence-electron chi connectivity index (χ1n) is 11.0. The highest BCUT2D eigenvalue weighted by Crippen LogP contribution is 2.38. The summed E-state index contributed by atoms with van der Waals surface area (Å²) in [6.07, 6.45) is -0.287. The molecule has 1 aliphatic carbocycles. The van der Waals surface area contributed by atoms with Crippen LogP contribution in [0.1, 0.15) is 48.5 Å². The fraction of sp³-hybridized carbons (Fsp3) is 0.458. The summed E-state index contributed by atoms with van der Waals surface area (Å²) >= 11 is 0. The summed E-state index contributed by atoms with van der Waals surface area (Å²) in [5.74, 6) is -2.06. The van der Waals surface area contributed by atoms with E-state index in [0.29, 0.717) is 18.8 Å². The van der Waals surface area contributed by atoms with Crippen LogP contribution in [0.2, 0.25) is 0 Å². The third kappa shape index (κ3) is 6.05. The van der Waals surface area contributed by atoms with Crippen molar-refractivity contribution in [3.63, 3.8) is 0 Å². The Morgan fingerprint density at radius 2 is 1.88 bits per heavy atom. The molecule has 0 unspecified atom stereocenters. The molecule has 0 atom stereocenters. The smallest absolute Gasteiger partial charge is 0.421 e. The van der Waals surface area contributed by atoms with Gasteiger partial charge in [0.15, 0.2) is 0 Å². The van der Waals surface area contributed by atoms with Crippen molar-refractivity contribution in [3.05, 3.63) is 47.7 Å². The second kappa shape index (κ2) is 10.9. The first-order valence-corrected chi connectivity index (χ1v) is 11.0. The number of aromatic nitrogens is 1. The minimum Gasteiger partial charge on any atom is -0.478 e. The molecule has 0 radical (unpaired) electrons. The molecule has 1 N–H and O–H groups in total. The number of ether oxygens (including phenoxy) is 2. The Kier molecular flexibility index (Phi) is 8.14. The average Bonchev–Trinajstić information content (AvgIpc) is 2.80. The number of hydrogen-bond acceptors (Lipinski definition) is 5. The van der Waals surface area contributed by atoms with E-state index in [1.807, 2.05) is 0 Å². The predicted molar refractivity (Wildman–Crippen MR) is 118 cm³/mol. The number of alkyl halides is 3. The summed E-state index contributed by atoms with van der Waals surface area (Å²) in [7, 11) is 1.48. The summed E-state index contributed by atoms with van der Waals surface area (Å²) in [4.78, 5) is 30.4. The van der Waals surface area contributed by atoms with Crippen LogP contribution in [0.15, 0.2) is 36.5 Å². The van der Waals surface area contributed by atoms with E-state index in [0.717, 1.165) is 37.2 Å². The number of carbonyl (C=O) groups is 2. The predicted octanol–water partition coefficient (Wildman–Crippen LogP) is 5.40. The molecule has 0 saturated heterocycles. The number of hydrogen-bond donors (Lipinski definition) is 1. The topological polar surface area (TPSA) is 89.0 Å². The van der Waals surface area contributed by atoms with Crippen LogP contribution in [0, 0.1) is 11.8 Å². The maximum Gasteiger partial charge on any atom is 0.421 e. The van der Waals surface area contributed by atoms with Crippen LogP contribution in [0.25, 0.3) is 0 Å². The van der Waals surface area contributed by atoms with E-state index in [1.54, 1.807) is 0 Å². The van der Waals surface area contributed by atoms with E-state index < -0.39 is 23.6 Å². The highest BCUT2D eigenvalue weighted by atomic mass is 19.4. The standard InChI is InChI=1S/C24H27F3N2O5/c1-15-5-7-16(8-6-15)22(30)29(12-13-33-2)20-10-9-17(14-18(20)23(31)32)34-21-19(24(25,26)27)4-3-11-28-21/h3-4,9-11,14-16H,5-8,12-13H2,1-2H3,(H,31,32)/t15-,16-. The van der Waals surface area contributed by atoms with Crippen LogP contribution in [0.5, 0.6) is 11.6 Å². The third-order valence-corrected chi connectivity index (χ3v) is 5.93. The van der Waals surface area contributed by atoms with Crippen molar-refractivity contribution < 1.29 is 37.3 Å². The summed E-state index contributed by atoms with van der Waals surface area (Å²) < 4.78 is 50.2. The zero-order valence-corrected chi connectivity index (χ0v) is 19.0. The number of pyridine rings is 1. The monoisotopic (exact) mass is 480 g/mol. The number of halogens is 3. The maximum atomic E-state index is 13.3. The lowest BCUT2D eigenvalue weighted by molar-refractivity contribution is -0.138. The molecule has 10 heteroatoms. The molecular formula is C24H27F3N2O5. The SMILES string of the molecule is COCCN(c1ccc(Oc2ncccc2C(F)(F)F)cc1C(=O)O)C(=O)[C@H]1CC[C@H](C)CC1. The van der Waals surface area contributed by atoms with Gasteiger partial charge in [-0.2, -0.15) is 13.2 Å². The second-order valence-electron chi connectivity index (χ2n) is 8.38. The summed E-state index contributed by atoms with van der Waals surface area (Å²) in [6.45, 7) is 2.46. The number of carboxylic acids is 1. The fourth-order valence-corrected chi connectivity index (χ4v) is 4.04. The Labute approximate surface area is 195 Å². The van der Waals surface area contributed by atoms with E-state index in [2.05, 4.69) is 11.9 Å². The average molecular weight is 480 g/mol. The highest BCUT2D eigenvalue weighted by molar-refractivity contribution is 6.03. The normalized spacial score (nSPS) is 18.4. The van der Waals surface area contributed by atoms with Gasteiger partial charge in [-0.15, -0.1) is 0 Å². The number of nitrogens with zero attached hydrogens (tertiary/aromatic N) is 2. The molecule has 7 nitrogen and oxygen atoms in total. The molecule has 1 fully saturated rings. The van der Waals surface area contributed by atoms with E-state index in [1.165, 1.54) is 24.1 Å². The van der Waals surface area contributed by atoms with Crippen molar-refractivity contribution in [2.75, 3.05) is 25.2 Å². The Hall–Kier alpha value is -3.14. The van der Waals surface area contributed by atoms with Gasteiger partial charge in [0.25, 0.3) is 0 Å². The lowest BCUT2D eigenvalue weighted by atomic mass is 9.82. The quantitative estimate of drug-likeness (QED) is 0.545. The molecule has 1 saturated carbocycles. The van der Waals surface area contributed by atoms with Crippen LogP contribution in [0.3, 0.4) is 0 Å². The molecule has 2 aromatic rings. The van der Waals surface area contributed by atoms with E-state index >= 15 is 0 Å². The molecule has 1 aliphatic rings. The number of rotatable bonds is 8. The highest BCUT2D eigenvalue weighted by Gasteiger charge is 2.35. The number of aromatic carboxylic acids is 1. The number of carbonyl (C=O) groups excluding carboxylic acids is 1. The maximum absolute atomic E-state index is 13.3. The van der Waals surface area contributed by atoms with Gasteiger partial charge in [-0.05, 0) is 61.9 Å². The summed E-state index contributed by atoms with van der Waals surface area (Å²) in [6, 6.07) is 5.75. The number of amides is 1. The molecule has 1 aromatic carbocycles. The number of carboxylic acid groups (broad SMARTS) is 1. The molecule has 184 valence electrons. The van der Waals surface area contributed by atoms with Gasteiger partial charge >= 0.3 is 12.1 Å². The van der Waals surface area contributed by atoms with Crippen molar-refractivity contribution in [2.45, 2.75) is 38.8 Å². The van der Waals surface area contributed by atoms with Crippen molar-refractivity contribution in [3.8, 4) is 11.6 Å². The van der Waals surface area contributed by atoms with Crippen LogP contribution in [0.4, 0.5) is 18.9 Å². The van der Waals surface area contributed by atoms with Gasteiger partial charge in [0.2, 0.25) is 11.8 Å². The van der Waals surface area contributed by atoms with Gasteiger partial charge in [0.05, 0.1) is 17.9 Å². The van der Waals surface area contributed by atoms with Gasteiger partial charge < -0.3 is 19.5 Å². The van der Waals surface area contributed by atoms with Gasteiger partial charge in [-0.1, -0.05) is 6.92 Å². The second-order valence-corrected chi connectivity index (χ2v) is 8.38. The number of benzene rings is 1. The molecule has 1 aromatic heterocycles. The first kappa shape index (κ1) is 25.5. The molecule has 1 heterocycles. The lowest BCUT2D eigenvalue weighted by Gasteiger charge is -2.32. The molecule has 1 amide bonds. The summed E-state index contributed by atoms with van der Waals surface area (Å²) in [5.41, 5.74) is -1.22. The van der Waals surface area contributed by atoms with E-state index in [9.17, 15) is 27.9 Å². The third-order valence-electron chi connectivity index (χ3n) is 5.93. The van der Waals surface area contributed by atoms with Crippen LogP contribution < -0.4 is 9.64 Å². The van der Waals surface area contributed by atoms with Crippen molar-refractivity contribution in [2.24, 2.45) is 11.8 Å². The van der Waals surface area contributed by atoms with Gasteiger partial charge in [-0.3, -0.25) is 4.79 Å².